The van der Waals surface area contributed by atoms with Crippen LogP contribution in [0.25, 0.3) is 0 Å². The Labute approximate surface area is 123 Å². The molecule has 0 aliphatic rings. The number of benzene rings is 1. The summed E-state index contributed by atoms with van der Waals surface area (Å²) in [5, 5.41) is 12.8. The molecule has 0 radical (unpaired) electrons. The van der Waals surface area contributed by atoms with E-state index in [0.717, 1.165) is 25.9 Å². The van der Waals surface area contributed by atoms with Crippen LogP contribution in [0.3, 0.4) is 0 Å². The van der Waals surface area contributed by atoms with Crippen molar-refractivity contribution >= 4 is 17.7 Å². The zero-order valence-electron chi connectivity index (χ0n) is 11.4. The average molecular weight is 307 g/mol. The van der Waals surface area contributed by atoms with Gasteiger partial charge in [0.1, 0.15) is 0 Å². The molecule has 0 aliphatic heterocycles. The second-order valence-corrected chi connectivity index (χ2v) is 5.45. The van der Waals surface area contributed by atoms with Gasteiger partial charge in [0.2, 0.25) is 0 Å². The summed E-state index contributed by atoms with van der Waals surface area (Å²) in [7, 11) is 2.87. The fourth-order valence-electron chi connectivity index (χ4n) is 1.69. The predicted molar refractivity (Wildman–Crippen MR) is 76.6 cm³/mol. The lowest BCUT2D eigenvalue weighted by Crippen LogP contribution is -2.39. The molecule has 0 spiro atoms. The zero-order chi connectivity index (χ0) is 15.6. The van der Waals surface area contributed by atoms with Crippen LogP contribution in [0.4, 0.5) is 0 Å². The summed E-state index contributed by atoms with van der Waals surface area (Å²) in [6, 6.07) is 6.80. The molecular weight excluding hydrogens is 294 g/mol. The van der Waals surface area contributed by atoms with Crippen molar-refractivity contribution < 1.29 is 9.90 Å². The van der Waals surface area contributed by atoms with Crippen LogP contribution in [0.5, 0.6) is 0 Å². The summed E-state index contributed by atoms with van der Waals surface area (Å²) in [6.07, 6.45) is -0.0508. The third-order valence-corrected chi connectivity index (χ3v) is 3.74. The van der Waals surface area contributed by atoms with E-state index in [1.807, 2.05) is 0 Å². The first-order valence-corrected chi connectivity index (χ1v) is 6.83. The van der Waals surface area contributed by atoms with Crippen LogP contribution in [-0.2, 0) is 25.3 Å². The first-order valence-electron chi connectivity index (χ1n) is 6.01. The van der Waals surface area contributed by atoms with Crippen molar-refractivity contribution in [2.45, 2.75) is 16.3 Å². The van der Waals surface area contributed by atoms with Gasteiger partial charge in [0.25, 0.3) is 5.56 Å². The SMILES string of the molecule is Cn1nc(Sc2ccc(CC(=O)O)cc2)c(=O)n(C)c1=O. The van der Waals surface area contributed by atoms with Crippen molar-refractivity contribution in [2.24, 2.45) is 14.1 Å². The van der Waals surface area contributed by atoms with Crippen LogP contribution < -0.4 is 11.2 Å². The normalized spacial score (nSPS) is 10.6. The number of carbonyl (C=O) groups is 1. The third kappa shape index (κ3) is 3.40. The molecule has 0 saturated heterocycles. The number of hydrogen-bond donors (Lipinski definition) is 1. The second kappa shape index (κ2) is 5.96. The number of carboxylic acid groups (broad SMARTS) is 1. The minimum atomic E-state index is -0.899. The first kappa shape index (κ1) is 15.0. The summed E-state index contributed by atoms with van der Waals surface area (Å²) in [6.45, 7) is 0. The van der Waals surface area contributed by atoms with Gasteiger partial charge in [-0.15, -0.1) is 0 Å². The molecule has 0 saturated carbocycles. The maximum atomic E-state index is 11.9. The van der Waals surface area contributed by atoms with Crippen molar-refractivity contribution in [3.05, 3.63) is 50.7 Å². The van der Waals surface area contributed by atoms with Gasteiger partial charge in [-0.05, 0) is 17.7 Å². The Kier molecular flexibility index (Phi) is 4.27. The monoisotopic (exact) mass is 307 g/mol. The van der Waals surface area contributed by atoms with E-state index in [1.54, 1.807) is 24.3 Å². The molecule has 1 aromatic carbocycles. The lowest BCUT2D eigenvalue weighted by molar-refractivity contribution is -0.136. The molecule has 110 valence electrons. The highest BCUT2D eigenvalue weighted by atomic mass is 32.2. The maximum absolute atomic E-state index is 11.9. The van der Waals surface area contributed by atoms with E-state index in [9.17, 15) is 14.4 Å². The predicted octanol–water partition coefficient (Wildman–Crippen LogP) is 0.257. The number of aromatic nitrogens is 3. The Morgan fingerprint density at radius 2 is 1.86 bits per heavy atom. The summed E-state index contributed by atoms with van der Waals surface area (Å²) in [5.41, 5.74) is -0.271. The van der Waals surface area contributed by atoms with Crippen molar-refractivity contribution in [3.8, 4) is 0 Å². The molecule has 8 heteroatoms. The van der Waals surface area contributed by atoms with E-state index >= 15 is 0 Å². The highest BCUT2D eigenvalue weighted by Gasteiger charge is 2.10. The summed E-state index contributed by atoms with van der Waals surface area (Å²) < 4.78 is 2.09. The minimum Gasteiger partial charge on any atom is -0.481 e. The first-order chi connectivity index (χ1) is 9.88. The number of nitrogens with zero attached hydrogens (tertiary/aromatic N) is 3. The van der Waals surface area contributed by atoms with Crippen LogP contribution in [0.1, 0.15) is 5.56 Å². The maximum Gasteiger partial charge on any atom is 0.346 e. The standard InChI is InChI=1S/C13H13N3O4S/c1-15-12(19)11(14-16(2)13(15)20)21-9-5-3-8(4-6-9)7-10(17)18/h3-6H,7H2,1-2H3,(H,17,18). The van der Waals surface area contributed by atoms with Crippen molar-refractivity contribution in [1.29, 1.82) is 0 Å². The zero-order valence-corrected chi connectivity index (χ0v) is 12.3. The van der Waals surface area contributed by atoms with Gasteiger partial charge in [0, 0.05) is 19.0 Å². The van der Waals surface area contributed by atoms with E-state index < -0.39 is 17.2 Å². The Hall–Kier alpha value is -2.35. The molecule has 1 aromatic heterocycles. The summed E-state index contributed by atoms with van der Waals surface area (Å²) in [5.74, 6) is -0.899. The summed E-state index contributed by atoms with van der Waals surface area (Å²) in [4.78, 5) is 34.8. The average Bonchev–Trinajstić information content (AvgIpc) is 2.44. The highest BCUT2D eigenvalue weighted by Crippen LogP contribution is 2.23. The summed E-state index contributed by atoms with van der Waals surface area (Å²) >= 11 is 1.13. The Bertz CT molecular complexity index is 793. The van der Waals surface area contributed by atoms with E-state index in [2.05, 4.69) is 5.10 Å². The smallest absolute Gasteiger partial charge is 0.346 e. The number of aliphatic carboxylic acids is 1. The van der Waals surface area contributed by atoms with Crippen LogP contribution >= 0.6 is 11.8 Å². The highest BCUT2D eigenvalue weighted by molar-refractivity contribution is 7.99. The van der Waals surface area contributed by atoms with Gasteiger partial charge < -0.3 is 5.11 Å². The molecular formula is C13H13N3O4S. The van der Waals surface area contributed by atoms with Crippen molar-refractivity contribution in [1.82, 2.24) is 14.3 Å². The van der Waals surface area contributed by atoms with E-state index in [-0.39, 0.29) is 11.4 Å². The fourth-order valence-corrected chi connectivity index (χ4v) is 2.58. The van der Waals surface area contributed by atoms with Gasteiger partial charge in [-0.2, -0.15) is 5.10 Å². The van der Waals surface area contributed by atoms with Gasteiger partial charge in [-0.1, -0.05) is 23.9 Å². The topological polar surface area (TPSA) is 94.2 Å². The van der Waals surface area contributed by atoms with Crippen LogP contribution in [0.2, 0.25) is 0 Å². The molecule has 0 amide bonds. The Morgan fingerprint density at radius 1 is 1.24 bits per heavy atom. The number of aryl methyl sites for hydroxylation is 1. The van der Waals surface area contributed by atoms with Crippen LogP contribution in [0.15, 0.2) is 43.8 Å². The molecule has 1 heterocycles. The molecule has 2 rings (SSSR count). The quantitative estimate of drug-likeness (QED) is 0.870. The van der Waals surface area contributed by atoms with Crippen LogP contribution in [0, 0.1) is 0 Å². The molecule has 1 N–H and O–H groups in total. The van der Waals surface area contributed by atoms with Crippen molar-refractivity contribution in [2.75, 3.05) is 0 Å². The number of carboxylic acids is 1. The van der Waals surface area contributed by atoms with Gasteiger partial charge in [0.05, 0.1) is 6.42 Å². The van der Waals surface area contributed by atoms with Gasteiger partial charge in [0.15, 0.2) is 5.03 Å². The van der Waals surface area contributed by atoms with E-state index in [1.165, 1.54) is 14.1 Å². The van der Waals surface area contributed by atoms with Gasteiger partial charge in [-0.3, -0.25) is 14.2 Å². The lowest BCUT2D eigenvalue weighted by Gasteiger charge is -2.05. The Morgan fingerprint density at radius 3 is 2.43 bits per heavy atom. The molecule has 0 fully saturated rings. The molecule has 0 atom stereocenters. The second-order valence-electron chi connectivity index (χ2n) is 4.39. The molecule has 21 heavy (non-hydrogen) atoms. The minimum absolute atomic E-state index is 0.0508. The van der Waals surface area contributed by atoms with Crippen LogP contribution in [-0.4, -0.2) is 25.4 Å². The molecule has 0 unspecified atom stereocenters. The van der Waals surface area contributed by atoms with E-state index in [4.69, 9.17) is 5.11 Å². The molecule has 0 bridgehead atoms. The Balaban J connectivity index is 2.29. The molecule has 7 nitrogen and oxygen atoms in total. The number of rotatable bonds is 4. The largest absolute Gasteiger partial charge is 0.481 e. The molecule has 2 aromatic rings. The van der Waals surface area contributed by atoms with E-state index in [0.29, 0.717) is 5.56 Å². The molecule has 0 aliphatic carbocycles. The van der Waals surface area contributed by atoms with Gasteiger partial charge in [-0.25, -0.2) is 9.48 Å². The van der Waals surface area contributed by atoms with Gasteiger partial charge >= 0.3 is 11.7 Å². The lowest BCUT2D eigenvalue weighted by atomic mass is 10.2. The third-order valence-electron chi connectivity index (χ3n) is 2.79. The van der Waals surface area contributed by atoms with Crippen molar-refractivity contribution in [3.63, 3.8) is 0 Å². The number of hydrogen-bond acceptors (Lipinski definition) is 5. The fraction of sp³-hybridized carbons (Fsp3) is 0.231.